The van der Waals surface area contributed by atoms with Gasteiger partial charge in [0.05, 0.1) is 10.5 Å². The number of benzene rings is 1. The summed E-state index contributed by atoms with van der Waals surface area (Å²) in [7, 11) is 3.63. The van der Waals surface area contributed by atoms with E-state index < -0.39 is 4.92 Å². The summed E-state index contributed by atoms with van der Waals surface area (Å²) in [6.45, 7) is 2.35. The van der Waals surface area contributed by atoms with Gasteiger partial charge in [-0.1, -0.05) is 11.3 Å². The largest absolute Gasteiger partial charge is 0.377 e. The number of fused-ring (bicyclic) bond motifs is 1. The Morgan fingerprint density at radius 3 is 2.62 bits per heavy atom. The van der Waals surface area contributed by atoms with Crippen molar-refractivity contribution < 1.29 is 9.72 Å². The summed E-state index contributed by atoms with van der Waals surface area (Å²) in [6.07, 6.45) is 1.75. The number of nitro benzene ring substituents is 1. The van der Waals surface area contributed by atoms with Gasteiger partial charge in [0, 0.05) is 64.3 Å². The van der Waals surface area contributed by atoms with Crippen molar-refractivity contribution in [3.05, 3.63) is 52.2 Å². The zero-order chi connectivity index (χ0) is 20.5. The second kappa shape index (κ2) is 7.63. The first kappa shape index (κ1) is 19.1. The molecule has 1 aliphatic rings. The Labute approximate surface area is 171 Å². The van der Waals surface area contributed by atoms with Crippen molar-refractivity contribution in [1.82, 2.24) is 14.9 Å². The van der Waals surface area contributed by atoms with Gasteiger partial charge in [-0.15, -0.1) is 0 Å². The Morgan fingerprint density at radius 1 is 1.21 bits per heavy atom. The van der Waals surface area contributed by atoms with Crippen LogP contribution >= 0.6 is 11.3 Å². The molecule has 0 radical (unpaired) electrons. The van der Waals surface area contributed by atoms with E-state index in [4.69, 9.17) is 0 Å². The molecule has 2 aromatic heterocycles. The molecule has 0 atom stereocenters. The second-order valence-electron chi connectivity index (χ2n) is 6.96. The lowest BCUT2D eigenvalue weighted by atomic mass is 10.1. The second-order valence-corrected chi connectivity index (χ2v) is 7.91. The average molecular weight is 412 g/mol. The topological polar surface area (TPSA) is 95.7 Å². The fourth-order valence-electron chi connectivity index (χ4n) is 3.36. The SMILES string of the molecule is CN(C)c1ccc([N+](=O)[O-])cc1C(=O)N1CCN(c2nc3cccnc3s2)CC1. The van der Waals surface area contributed by atoms with E-state index in [9.17, 15) is 14.9 Å². The van der Waals surface area contributed by atoms with Crippen LogP contribution in [0.2, 0.25) is 0 Å². The molecule has 0 unspecified atom stereocenters. The molecule has 1 saturated heterocycles. The molecule has 1 aromatic carbocycles. The third-order valence-corrected chi connectivity index (χ3v) is 5.94. The van der Waals surface area contributed by atoms with Crippen molar-refractivity contribution >= 4 is 44.1 Å². The van der Waals surface area contributed by atoms with Crippen LogP contribution in [0, 0.1) is 10.1 Å². The minimum atomic E-state index is -0.477. The highest BCUT2D eigenvalue weighted by molar-refractivity contribution is 7.21. The predicted octanol–water partition coefficient (Wildman–Crippen LogP) is 2.63. The van der Waals surface area contributed by atoms with Gasteiger partial charge in [-0.05, 0) is 18.2 Å². The Morgan fingerprint density at radius 2 is 1.97 bits per heavy atom. The van der Waals surface area contributed by atoms with Crippen LogP contribution < -0.4 is 9.80 Å². The quantitative estimate of drug-likeness (QED) is 0.480. The number of hydrogen-bond donors (Lipinski definition) is 0. The molecule has 0 aliphatic carbocycles. The van der Waals surface area contributed by atoms with Gasteiger partial charge < -0.3 is 14.7 Å². The molecule has 1 aliphatic heterocycles. The number of thiazole rings is 1. The molecule has 0 N–H and O–H groups in total. The Balaban J connectivity index is 1.51. The lowest BCUT2D eigenvalue weighted by molar-refractivity contribution is -0.384. The maximum atomic E-state index is 13.1. The molecule has 1 fully saturated rings. The molecule has 150 valence electrons. The highest BCUT2D eigenvalue weighted by atomic mass is 32.1. The zero-order valence-electron chi connectivity index (χ0n) is 16.1. The third kappa shape index (κ3) is 3.70. The number of nitro groups is 1. The van der Waals surface area contributed by atoms with E-state index >= 15 is 0 Å². The summed E-state index contributed by atoms with van der Waals surface area (Å²) < 4.78 is 0. The van der Waals surface area contributed by atoms with Crippen molar-refractivity contribution in [3.8, 4) is 0 Å². The van der Waals surface area contributed by atoms with Gasteiger partial charge in [0.25, 0.3) is 11.6 Å². The van der Waals surface area contributed by atoms with Gasteiger partial charge in [0.2, 0.25) is 0 Å². The first-order valence-electron chi connectivity index (χ1n) is 9.15. The maximum Gasteiger partial charge on any atom is 0.270 e. The summed E-state index contributed by atoms with van der Waals surface area (Å²) >= 11 is 1.54. The molecule has 3 heterocycles. The average Bonchev–Trinajstić information content (AvgIpc) is 3.17. The normalized spacial score (nSPS) is 14.3. The number of non-ortho nitro benzene ring substituents is 1. The third-order valence-electron chi connectivity index (χ3n) is 4.90. The van der Waals surface area contributed by atoms with E-state index in [1.807, 2.05) is 26.2 Å². The summed E-state index contributed by atoms with van der Waals surface area (Å²) in [5.74, 6) is -0.192. The van der Waals surface area contributed by atoms with Crippen LogP contribution in [-0.2, 0) is 0 Å². The highest BCUT2D eigenvalue weighted by Crippen LogP contribution is 2.29. The van der Waals surface area contributed by atoms with E-state index in [2.05, 4.69) is 14.9 Å². The van der Waals surface area contributed by atoms with Gasteiger partial charge in [-0.2, -0.15) is 0 Å². The van der Waals surface area contributed by atoms with Gasteiger partial charge in [0.1, 0.15) is 10.3 Å². The minimum Gasteiger partial charge on any atom is -0.377 e. The molecule has 1 amide bonds. The number of anilines is 2. The first-order valence-corrected chi connectivity index (χ1v) is 9.97. The lowest BCUT2D eigenvalue weighted by Crippen LogP contribution is -2.49. The van der Waals surface area contributed by atoms with E-state index in [1.165, 1.54) is 23.5 Å². The fraction of sp³-hybridized carbons (Fsp3) is 0.316. The molecule has 0 saturated carbocycles. The van der Waals surface area contributed by atoms with Gasteiger partial charge in [0.15, 0.2) is 5.13 Å². The van der Waals surface area contributed by atoms with Crippen molar-refractivity contribution in [1.29, 1.82) is 0 Å². The van der Waals surface area contributed by atoms with Gasteiger partial charge in [-0.25, -0.2) is 9.97 Å². The lowest BCUT2D eigenvalue weighted by Gasteiger charge is -2.35. The van der Waals surface area contributed by atoms with E-state index in [-0.39, 0.29) is 11.6 Å². The summed E-state index contributed by atoms with van der Waals surface area (Å²) in [5, 5.41) is 12.1. The number of pyridine rings is 1. The van der Waals surface area contributed by atoms with Crippen LogP contribution in [0.15, 0.2) is 36.5 Å². The van der Waals surface area contributed by atoms with Crippen molar-refractivity contribution in [2.24, 2.45) is 0 Å². The molecule has 10 heteroatoms. The van der Waals surface area contributed by atoms with Crippen molar-refractivity contribution in [3.63, 3.8) is 0 Å². The number of aromatic nitrogens is 2. The number of nitrogens with zero attached hydrogens (tertiary/aromatic N) is 6. The molecule has 0 spiro atoms. The van der Waals surface area contributed by atoms with Crippen LogP contribution in [0.5, 0.6) is 0 Å². The van der Waals surface area contributed by atoms with E-state index in [0.717, 1.165) is 15.5 Å². The number of piperazine rings is 1. The van der Waals surface area contributed by atoms with Crippen molar-refractivity contribution in [2.75, 3.05) is 50.1 Å². The number of rotatable bonds is 4. The Kier molecular flexibility index (Phi) is 5.01. The smallest absolute Gasteiger partial charge is 0.270 e. The Bertz CT molecular complexity index is 1040. The highest BCUT2D eigenvalue weighted by Gasteiger charge is 2.27. The van der Waals surface area contributed by atoms with Crippen LogP contribution in [-0.4, -0.2) is 66.0 Å². The van der Waals surface area contributed by atoms with Gasteiger partial charge in [-0.3, -0.25) is 14.9 Å². The van der Waals surface area contributed by atoms with Crippen LogP contribution in [0.4, 0.5) is 16.5 Å². The Hall–Kier alpha value is -3.27. The molecule has 29 heavy (non-hydrogen) atoms. The molecular weight excluding hydrogens is 392 g/mol. The summed E-state index contributed by atoms with van der Waals surface area (Å²) in [5.41, 5.74) is 1.81. The molecule has 4 rings (SSSR count). The van der Waals surface area contributed by atoms with Gasteiger partial charge >= 0.3 is 0 Å². The number of hydrogen-bond acceptors (Lipinski definition) is 8. The molecule has 9 nitrogen and oxygen atoms in total. The van der Waals surface area contributed by atoms with E-state index in [0.29, 0.717) is 37.4 Å². The van der Waals surface area contributed by atoms with Crippen LogP contribution in [0.25, 0.3) is 10.3 Å². The van der Waals surface area contributed by atoms with Crippen LogP contribution in [0.3, 0.4) is 0 Å². The van der Waals surface area contributed by atoms with E-state index in [1.54, 1.807) is 22.1 Å². The summed E-state index contributed by atoms with van der Waals surface area (Å²) in [4.78, 5) is 39.3. The number of carbonyl (C=O) groups is 1. The fourth-order valence-corrected chi connectivity index (χ4v) is 4.32. The first-order chi connectivity index (χ1) is 13.9. The molecule has 0 bridgehead atoms. The van der Waals surface area contributed by atoms with Crippen LogP contribution in [0.1, 0.15) is 10.4 Å². The standard InChI is InChI=1S/C19H20N6O3S/c1-22(2)16-6-5-13(25(27)28)12-14(16)18(26)23-8-10-24(11-9-23)19-21-15-4-3-7-20-17(15)29-19/h3-7,12H,8-11H2,1-2H3. The maximum absolute atomic E-state index is 13.1. The molecule has 3 aromatic rings. The predicted molar refractivity (Wildman–Crippen MR) is 113 cm³/mol. The summed E-state index contributed by atoms with van der Waals surface area (Å²) in [6, 6.07) is 8.21. The molecular formula is C19H20N6O3S. The number of carbonyl (C=O) groups excluding carboxylic acids is 1. The van der Waals surface area contributed by atoms with Crippen molar-refractivity contribution in [2.45, 2.75) is 0 Å². The minimum absolute atomic E-state index is 0.0837. The zero-order valence-corrected chi connectivity index (χ0v) is 16.9. The monoisotopic (exact) mass is 412 g/mol. The number of amides is 1.